The number of imidazole rings is 1. The van der Waals surface area contributed by atoms with Gasteiger partial charge < -0.3 is 15.2 Å². The molecule has 4 rings (SSSR count). The summed E-state index contributed by atoms with van der Waals surface area (Å²) in [5.74, 6) is -0.172. The summed E-state index contributed by atoms with van der Waals surface area (Å²) in [6.07, 6.45) is 4.89. The highest BCUT2D eigenvalue weighted by Gasteiger charge is 2.18. The fourth-order valence-corrected chi connectivity index (χ4v) is 3.09. The van der Waals surface area contributed by atoms with Crippen LogP contribution < -0.4 is 10.6 Å². The number of carbonyl (C=O) groups excluding carboxylic acids is 1. The lowest BCUT2D eigenvalue weighted by Crippen LogP contribution is -2.17. The first kappa shape index (κ1) is 18.2. The Morgan fingerprint density at radius 3 is 2.52 bits per heavy atom. The van der Waals surface area contributed by atoms with Crippen molar-refractivity contribution >= 4 is 39.4 Å². The molecule has 29 heavy (non-hydrogen) atoms. The summed E-state index contributed by atoms with van der Waals surface area (Å²) in [4.78, 5) is 27.2. The maximum absolute atomic E-state index is 12.0. The molecule has 144 valence electrons. The molecule has 1 amide bonds. The number of benzene rings is 3. The topological polar surface area (TPSA) is 102 Å². The second-order valence-corrected chi connectivity index (χ2v) is 6.43. The van der Waals surface area contributed by atoms with Gasteiger partial charge in [0.05, 0.1) is 16.6 Å². The summed E-state index contributed by atoms with van der Waals surface area (Å²) in [5, 5.41) is 18.9. The molecule has 4 aromatic rings. The molecule has 1 aromatic heterocycles. The van der Waals surface area contributed by atoms with Gasteiger partial charge in [-0.2, -0.15) is 0 Å². The number of nitrogens with zero attached hydrogens (tertiary/aromatic N) is 3. The highest BCUT2D eigenvalue weighted by molar-refractivity contribution is 5.97. The molecular formula is C21H17N5O3. The van der Waals surface area contributed by atoms with Crippen LogP contribution in [0.5, 0.6) is 0 Å². The van der Waals surface area contributed by atoms with Gasteiger partial charge in [0, 0.05) is 23.8 Å². The van der Waals surface area contributed by atoms with E-state index in [9.17, 15) is 14.9 Å². The predicted octanol–water partition coefficient (Wildman–Crippen LogP) is 4.33. The SMILES string of the molecule is O=C(Cn1ccnc1)Nc1ccc(Nc2ccc3ccccc3c2[N+](=O)[O-])cc1. The number of anilines is 3. The first-order valence-electron chi connectivity index (χ1n) is 8.89. The van der Waals surface area contributed by atoms with Crippen LogP contribution in [0.2, 0.25) is 0 Å². The van der Waals surface area contributed by atoms with E-state index in [1.807, 2.05) is 18.2 Å². The molecule has 0 spiro atoms. The number of amides is 1. The van der Waals surface area contributed by atoms with Crippen LogP contribution in [0.1, 0.15) is 0 Å². The highest BCUT2D eigenvalue weighted by Crippen LogP contribution is 2.35. The van der Waals surface area contributed by atoms with Crippen molar-refractivity contribution in [1.82, 2.24) is 9.55 Å². The van der Waals surface area contributed by atoms with Gasteiger partial charge in [0.1, 0.15) is 12.2 Å². The van der Waals surface area contributed by atoms with Crippen molar-refractivity contribution in [2.24, 2.45) is 0 Å². The second kappa shape index (κ2) is 7.81. The lowest BCUT2D eigenvalue weighted by molar-refractivity contribution is -0.382. The molecule has 0 fully saturated rings. The van der Waals surface area contributed by atoms with Crippen molar-refractivity contribution in [2.75, 3.05) is 10.6 Å². The largest absolute Gasteiger partial charge is 0.350 e. The number of fused-ring (bicyclic) bond motifs is 1. The van der Waals surface area contributed by atoms with Crippen LogP contribution in [0.4, 0.5) is 22.7 Å². The number of carbonyl (C=O) groups is 1. The summed E-state index contributed by atoms with van der Waals surface area (Å²) in [6.45, 7) is 0.170. The van der Waals surface area contributed by atoms with E-state index in [1.54, 1.807) is 65.8 Å². The molecule has 1 heterocycles. The zero-order valence-electron chi connectivity index (χ0n) is 15.3. The number of aromatic nitrogens is 2. The van der Waals surface area contributed by atoms with E-state index in [1.165, 1.54) is 0 Å². The minimum atomic E-state index is -0.380. The Morgan fingerprint density at radius 2 is 1.79 bits per heavy atom. The monoisotopic (exact) mass is 387 g/mol. The summed E-state index contributed by atoms with van der Waals surface area (Å²) in [5.41, 5.74) is 1.75. The van der Waals surface area contributed by atoms with Gasteiger partial charge in [-0.3, -0.25) is 14.9 Å². The summed E-state index contributed by atoms with van der Waals surface area (Å²) in [7, 11) is 0. The van der Waals surface area contributed by atoms with Gasteiger partial charge >= 0.3 is 0 Å². The maximum atomic E-state index is 12.0. The Labute approximate surface area is 166 Å². The second-order valence-electron chi connectivity index (χ2n) is 6.43. The van der Waals surface area contributed by atoms with Crippen LogP contribution in [-0.4, -0.2) is 20.4 Å². The molecule has 0 aliphatic heterocycles. The van der Waals surface area contributed by atoms with E-state index in [4.69, 9.17) is 0 Å². The molecule has 0 unspecified atom stereocenters. The van der Waals surface area contributed by atoms with E-state index in [2.05, 4.69) is 15.6 Å². The Morgan fingerprint density at radius 1 is 1.03 bits per heavy atom. The van der Waals surface area contributed by atoms with Crippen molar-refractivity contribution < 1.29 is 9.72 Å². The quantitative estimate of drug-likeness (QED) is 0.379. The van der Waals surface area contributed by atoms with Crippen LogP contribution in [0.15, 0.2) is 79.4 Å². The van der Waals surface area contributed by atoms with Crippen molar-refractivity contribution in [2.45, 2.75) is 6.54 Å². The Hall–Kier alpha value is -4.20. The first-order valence-corrected chi connectivity index (χ1v) is 8.89. The van der Waals surface area contributed by atoms with Crippen molar-refractivity contribution in [1.29, 1.82) is 0 Å². The molecule has 0 aliphatic carbocycles. The molecule has 0 atom stereocenters. The molecule has 0 aliphatic rings. The minimum absolute atomic E-state index is 0.0285. The average Bonchev–Trinajstić information content (AvgIpc) is 3.22. The zero-order valence-corrected chi connectivity index (χ0v) is 15.3. The van der Waals surface area contributed by atoms with Crippen LogP contribution in [-0.2, 0) is 11.3 Å². The maximum Gasteiger partial charge on any atom is 0.300 e. The molecule has 0 bridgehead atoms. The van der Waals surface area contributed by atoms with Gasteiger partial charge in [-0.05, 0) is 41.8 Å². The van der Waals surface area contributed by atoms with E-state index in [0.29, 0.717) is 22.4 Å². The van der Waals surface area contributed by atoms with Gasteiger partial charge in [-0.25, -0.2) is 4.98 Å². The Bertz CT molecular complexity index is 1170. The summed E-state index contributed by atoms with van der Waals surface area (Å²) >= 11 is 0. The standard InChI is InChI=1S/C21H17N5O3/c27-20(13-25-12-11-22-14-25)24-17-8-6-16(7-9-17)23-19-10-5-15-3-1-2-4-18(15)21(19)26(28)29/h1-12,14,23H,13H2,(H,24,27). The third-order valence-corrected chi connectivity index (χ3v) is 4.42. The fourth-order valence-electron chi connectivity index (χ4n) is 3.09. The number of nitro groups is 1. The van der Waals surface area contributed by atoms with E-state index < -0.39 is 0 Å². The lowest BCUT2D eigenvalue weighted by atomic mass is 10.1. The van der Waals surface area contributed by atoms with Gasteiger partial charge in [0.25, 0.3) is 5.69 Å². The molecular weight excluding hydrogens is 370 g/mol. The number of rotatable bonds is 6. The molecule has 0 saturated heterocycles. The number of nitro benzene ring substituents is 1. The normalized spacial score (nSPS) is 10.6. The first-order chi connectivity index (χ1) is 14.1. The van der Waals surface area contributed by atoms with Crippen LogP contribution in [0, 0.1) is 10.1 Å². The van der Waals surface area contributed by atoms with Crippen LogP contribution >= 0.6 is 0 Å². The molecule has 3 aromatic carbocycles. The van der Waals surface area contributed by atoms with Crippen molar-refractivity contribution in [3.63, 3.8) is 0 Å². The number of hydrogen-bond acceptors (Lipinski definition) is 5. The zero-order chi connectivity index (χ0) is 20.2. The number of nitrogens with one attached hydrogen (secondary N) is 2. The van der Waals surface area contributed by atoms with Crippen LogP contribution in [0.25, 0.3) is 10.8 Å². The van der Waals surface area contributed by atoms with Crippen molar-refractivity contribution in [3.8, 4) is 0 Å². The molecule has 8 nitrogen and oxygen atoms in total. The van der Waals surface area contributed by atoms with Gasteiger partial charge in [0.15, 0.2) is 0 Å². The Balaban J connectivity index is 1.51. The van der Waals surface area contributed by atoms with E-state index in [-0.39, 0.29) is 23.1 Å². The smallest absolute Gasteiger partial charge is 0.300 e. The Kier molecular flexibility index (Phi) is 4.90. The summed E-state index contributed by atoms with van der Waals surface area (Å²) < 4.78 is 1.67. The van der Waals surface area contributed by atoms with Crippen LogP contribution in [0.3, 0.4) is 0 Å². The van der Waals surface area contributed by atoms with E-state index >= 15 is 0 Å². The van der Waals surface area contributed by atoms with Gasteiger partial charge in [-0.15, -0.1) is 0 Å². The third-order valence-electron chi connectivity index (χ3n) is 4.42. The third kappa shape index (κ3) is 4.06. The van der Waals surface area contributed by atoms with Gasteiger partial charge in [0.2, 0.25) is 5.91 Å². The average molecular weight is 387 g/mol. The van der Waals surface area contributed by atoms with Crippen molar-refractivity contribution in [3.05, 3.63) is 89.5 Å². The molecule has 2 N–H and O–H groups in total. The molecule has 8 heteroatoms. The molecule has 0 saturated carbocycles. The lowest BCUT2D eigenvalue weighted by Gasteiger charge is -2.11. The fraction of sp³-hybridized carbons (Fsp3) is 0.0476. The highest BCUT2D eigenvalue weighted by atomic mass is 16.6. The van der Waals surface area contributed by atoms with E-state index in [0.717, 1.165) is 5.39 Å². The molecule has 0 radical (unpaired) electrons. The minimum Gasteiger partial charge on any atom is -0.350 e. The summed E-state index contributed by atoms with van der Waals surface area (Å²) in [6, 6.07) is 17.7. The predicted molar refractivity (Wildman–Crippen MR) is 111 cm³/mol. The van der Waals surface area contributed by atoms with Gasteiger partial charge in [-0.1, -0.05) is 24.3 Å². The number of hydrogen-bond donors (Lipinski definition) is 2.